The number of hydrogen-bond donors (Lipinski definition) is 0. The predicted molar refractivity (Wildman–Crippen MR) is 139 cm³/mol. The number of carbonyl (C=O) groups excluding carboxylic acids is 1. The second-order valence-corrected chi connectivity index (χ2v) is 10.4. The van der Waals surface area contributed by atoms with Crippen molar-refractivity contribution in [2.45, 2.75) is 25.3 Å². The van der Waals surface area contributed by atoms with Crippen LogP contribution in [0.15, 0.2) is 59.2 Å². The minimum Gasteiger partial charge on any atom is -0.304 e. The highest BCUT2D eigenvalue weighted by molar-refractivity contribution is 6.30. The van der Waals surface area contributed by atoms with Gasteiger partial charge in [0.25, 0.3) is 5.91 Å². The van der Waals surface area contributed by atoms with Crippen LogP contribution in [0.4, 0.5) is 0 Å². The molecule has 2 aromatic rings. The Morgan fingerprint density at radius 2 is 1.65 bits per heavy atom. The van der Waals surface area contributed by atoms with E-state index in [9.17, 15) is 4.79 Å². The number of halogens is 2. The van der Waals surface area contributed by atoms with Crippen molar-refractivity contribution in [2.24, 2.45) is 11.0 Å². The maximum absolute atomic E-state index is 13.6. The molecule has 7 heteroatoms. The summed E-state index contributed by atoms with van der Waals surface area (Å²) < 4.78 is 0. The molecule has 3 aliphatic rings. The molecule has 1 saturated heterocycles. The molecule has 2 aliphatic heterocycles. The van der Waals surface area contributed by atoms with Crippen LogP contribution in [0.2, 0.25) is 10.0 Å². The highest BCUT2D eigenvalue weighted by atomic mass is 35.5. The normalized spacial score (nSPS) is 24.9. The van der Waals surface area contributed by atoms with Gasteiger partial charge in [0.15, 0.2) is 0 Å². The van der Waals surface area contributed by atoms with Crippen molar-refractivity contribution in [3.05, 3.63) is 75.3 Å². The van der Waals surface area contributed by atoms with E-state index in [1.807, 2.05) is 48.5 Å². The highest BCUT2D eigenvalue weighted by Gasteiger charge is 2.43. The summed E-state index contributed by atoms with van der Waals surface area (Å²) in [5.41, 5.74) is 4.46. The molecule has 178 valence electrons. The summed E-state index contributed by atoms with van der Waals surface area (Å²) in [5.74, 6) is 0.252. The molecule has 2 atom stereocenters. The number of piperazine rings is 1. The molecule has 0 N–H and O–H groups in total. The van der Waals surface area contributed by atoms with Crippen molar-refractivity contribution < 1.29 is 4.79 Å². The maximum atomic E-state index is 13.6. The predicted octanol–water partition coefficient (Wildman–Crippen LogP) is 5.36. The number of benzene rings is 2. The Labute approximate surface area is 211 Å². The fourth-order valence-corrected chi connectivity index (χ4v) is 5.48. The zero-order chi connectivity index (χ0) is 23.7. The lowest BCUT2D eigenvalue weighted by Crippen LogP contribution is -2.48. The van der Waals surface area contributed by atoms with Gasteiger partial charge >= 0.3 is 0 Å². The van der Waals surface area contributed by atoms with Gasteiger partial charge in [0.05, 0.1) is 18.3 Å². The van der Waals surface area contributed by atoms with Gasteiger partial charge in [-0.05, 0) is 73.4 Å². The third kappa shape index (κ3) is 5.08. The number of carbonyl (C=O) groups is 1. The topological polar surface area (TPSA) is 39.1 Å². The van der Waals surface area contributed by atoms with E-state index in [-0.39, 0.29) is 17.9 Å². The van der Waals surface area contributed by atoms with Gasteiger partial charge in [0, 0.05) is 42.1 Å². The molecule has 2 fully saturated rings. The lowest BCUT2D eigenvalue weighted by Gasteiger charge is -2.34. The van der Waals surface area contributed by atoms with Gasteiger partial charge in [-0.1, -0.05) is 47.5 Å². The molecule has 5 rings (SSSR count). The molecule has 2 heterocycles. The first-order valence-corrected chi connectivity index (χ1v) is 12.8. The lowest BCUT2D eigenvalue weighted by atomic mass is 9.77. The van der Waals surface area contributed by atoms with Gasteiger partial charge < -0.3 is 4.90 Å². The van der Waals surface area contributed by atoms with E-state index in [0.29, 0.717) is 11.6 Å². The molecule has 34 heavy (non-hydrogen) atoms. The van der Waals surface area contributed by atoms with Gasteiger partial charge in [-0.15, -0.1) is 0 Å². The summed E-state index contributed by atoms with van der Waals surface area (Å²) in [5, 5.41) is 8.19. The molecular weight excluding hydrogens is 467 g/mol. The maximum Gasteiger partial charge on any atom is 0.257 e. The van der Waals surface area contributed by atoms with Crippen molar-refractivity contribution in [1.82, 2.24) is 14.8 Å². The molecule has 1 saturated carbocycles. The Balaban J connectivity index is 1.46. The largest absolute Gasteiger partial charge is 0.304 e. The van der Waals surface area contributed by atoms with E-state index in [4.69, 9.17) is 28.3 Å². The zero-order valence-electron chi connectivity index (χ0n) is 19.5. The Morgan fingerprint density at radius 3 is 2.32 bits per heavy atom. The van der Waals surface area contributed by atoms with Crippen LogP contribution < -0.4 is 0 Å². The summed E-state index contributed by atoms with van der Waals surface area (Å²) in [4.78, 5) is 18.1. The summed E-state index contributed by atoms with van der Waals surface area (Å²) in [6, 6.07) is 15.7. The zero-order valence-corrected chi connectivity index (χ0v) is 21.0. The minimum absolute atomic E-state index is 0.0669. The first kappa shape index (κ1) is 23.6. The van der Waals surface area contributed by atoms with Crippen molar-refractivity contribution in [3.8, 4) is 0 Å². The van der Waals surface area contributed by atoms with Gasteiger partial charge in [0.2, 0.25) is 0 Å². The fourth-order valence-electron chi connectivity index (χ4n) is 5.23. The molecule has 1 amide bonds. The van der Waals surface area contributed by atoms with Crippen LogP contribution >= 0.6 is 23.2 Å². The van der Waals surface area contributed by atoms with Gasteiger partial charge in [-0.3, -0.25) is 9.69 Å². The van der Waals surface area contributed by atoms with Crippen LogP contribution in [-0.4, -0.2) is 66.2 Å². The lowest BCUT2D eigenvalue weighted by molar-refractivity contribution is -0.135. The third-order valence-corrected chi connectivity index (χ3v) is 7.64. The summed E-state index contributed by atoms with van der Waals surface area (Å²) in [6.07, 6.45) is 5.26. The van der Waals surface area contributed by atoms with Crippen molar-refractivity contribution in [3.63, 3.8) is 0 Å². The number of rotatable bonds is 4. The van der Waals surface area contributed by atoms with Crippen LogP contribution in [0.1, 0.15) is 36.4 Å². The molecular formula is C27H30Cl2N4O. The average molecular weight is 497 g/mol. The standard InChI is InChI=1S/C27H30Cl2N4O/c1-31-13-15-32(16-14-31)18-25(34)33-27(20-7-11-23(29)12-8-20)24-4-2-3-21(26(24)30-33)17-19-5-9-22(28)10-6-19/h5-12,17,24,27H,2-4,13-16,18H2,1H3/b21-17+/t24-,27+/m0/s1. The van der Waals surface area contributed by atoms with Gasteiger partial charge in [0.1, 0.15) is 0 Å². The Morgan fingerprint density at radius 1 is 1.00 bits per heavy atom. The van der Waals surface area contributed by atoms with Gasteiger partial charge in [-0.25, -0.2) is 5.01 Å². The van der Waals surface area contributed by atoms with E-state index in [2.05, 4.69) is 22.9 Å². The third-order valence-electron chi connectivity index (χ3n) is 7.13. The van der Waals surface area contributed by atoms with Crippen molar-refractivity contribution in [2.75, 3.05) is 39.8 Å². The number of amides is 1. The molecule has 0 radical (unpaired) electrons. The number of fused-ring (bicyclic) bond motifs is 1. The van der Waals surface area contributed by atoms with E-state index in [1.54, 1.807) is 5.01 Å². The van der Waals surface area contributed by atoms with Crippen LogP contribution in [0.3, 0.4) is 0 Å². The molecule has 1 aliphatic carbocycles. The molecule has 5 nitrogen and oxygen atoms in total. The number of allylic oxidation sites excluding steroid dienone is 1. The summed E-state index contributed by atoms with van der Waals surface area (Å²) in [7, 11) is 2.13. The Kier molecular flexibility index (Phi) is 7.07. The number of nitrogens with zero attached hydrogens (tertiary/aromatic N) is 4. The van der Waals surface area contributed by atoms with Gasteiger partial charge in [-0.2, -0.15) is 5.10 Å². The Bertz CT molecular complexity index is 1090. The average Bonchev–Trinajstić information content (AvgIpc) is 3.23. The molecule has 0 spiro atoms. The van der Waals surface area contributed by atoms with Crippen molar-refractivity contribution >= 4 is 40.9 Å². The van der Waals surface area contributed by atoms with E-state index in [1.165, 1.54) is 5.57 Å². The molecule has 0 bridgehead atoms. The molecule has 2 aromatic carbocycles. The quantitative estimate of drug-likeness (QED) is 0.571. The second-order valence-electron chi connectivity index (χ2n) is 9.52. The second kappa shape index (κ2) is 10.2. The van der Waals surface area contributed by atoms with Crippen LogP contribution in [0.25, 0.3) is 6.08 Å². The monoisotopic (exact) mass is 496 g/mol. The number of hydrogen-bond acceptors (Lipinski definition) is 4. The minimum atomic E-state index is -0.0962. The first-order valence-electron chi connectivity index (χ1n) is 12.0. The van der Waals surface area contributed by atoms with E-state index < -0.39 is 0 Å². The van der Waals surface area contributed by atoms with Crippen LogP contribution in [0, 0.1) is 5.92 Å². The van der Waals surface area contributed by atoms with Crippen LogP contribution in [-0.2, 0) is 4.79 Å². The molecule has 0 aromatic heterocycles. The fraction of sp³-hybridized carbons (Fsp3) is 0.407. The van der Waals surface area contributed by atoms with E-state index >= 15 is 0 Å². The smallest absolute Gasteiger partial charge is 0.257 e. The van der Waals surface area contributed by atoms with E-state index in [0.717, 1.165) is 67.3 Å². The van der Waals surface area contributed by atoms with Crippen LogP contribution in [0.5, 0.6) is 0 Å². The highest BCUT2D eigenvalue weighted by Crippen LogP contribution is 2.44. The summed E-state index contributed by atoms with van der Waals surface area (Å²) >= 11 is 12.3. The number of hydrazone groups is 1. The molecule has 0 unspecified atom stereocenters. The Hall–Kier alpha value is -2.18. The number of likely N-dealkylation sites (N-methyl/N-ethyl adjacent to an activating group) is 1. The SMILES string of the molecule is CN1CCN(CC(=O)N2N=C3/C(=C/c4ccc(Cl)cc4)CCC[C@@H]3[C@H]2c2ccc(Cl)cc2)CC1. The summed E-state index contributed by atoms with van der Waals surface area (Å²) in [6.45, 7) is 4.18. The first-order chi connectivity index (χ1) is 16.5. The van der Waals surface area contributed by atoms with Crippen molar-refractivity contribution in [1.29, 1.82) is 0 Å².